The highest BCUT2D eigenvalue weighted by molar-refractivity contribution is 5.93. The number of hydrogen-bond donors (Lipinski definition) is 2. The number of benzene rings is 1. The van der Waals surface area contributed by atoms with E-state index in [1.54, 1.807) is 19.1 Å². The van der Waals surface area contributed by atoms with Crippen LogP contribution in [0.2, 0.25) is 0 Å². The van der Waals surface area contributed by atoms with E-state index in [2.05, 4.69) is 10.4 Å². The number of halogens is 1. The number of carbonyl (C=O) groups is 2. The molecule has 2 N–H and O–H groups in total. The van der Waals surface area contributed by atoms with Crippen LogP contribution >= 0.6 is 0 Å². The first-order chi connectivity index (χ1) is 11.3. The molecule has 8 heteroatoms. The van der Waals surface area contributed by atoms with Crippen LogP contribution < -0.4 is 5.32 Å². The van der Waals surface area contributed by atoms with Gasteiger partial charge in [0.1, 0.15) is 11.5 Å². The van der Waals surface area contributed by atoms with E-state index in [1.165, 1.54) is 36.2 Å². The molecule has 2 rings (SSSR count). The summed E-state index contributed by atoms with van der Waals surface area (Å²) in [5.74, 6) is -2.10. The zero-order valence-corrected chi connectivity index (χ0v) is 13.3. The van der Waals surface area contributed by atoms with Gasteiger partial charge < -0.3 is 15.2 Å². The van der Waals surface area contributed by atoms with Crippen molar-refractivity contribution in [3.8, 4) is 5.69 Å². The number of amides is 1. The highest BCUT2D eigenvalue weighted by Crippen LogP contribution is 2.14. The molecular formula is C16H18FN3O4. The van der Waals surface area contributed by atoms with Gasteiger partial charge in [-0.05, 0) is 25.1 Å². The lowest BCUT2D eigenvalue weighted by molar-refractivity contribution is -0.139. The maximum atomic E-state index is 13.8. The Bertz CT molecular complexity index is 746. The predicted octanol–water partition coefficient (Wildman–Crippen LogP) is 1.62. The molecule has 1 atom stereocenters. The quantitative estimate of drug-likeness (QED) is 0.802. The number of nitrogens with zero attached hydrogens (tertiary/aromatic N) is 2. The van der Waals surface area contributed by atoms with E-state index in [9.17, 15) is 14.0 Å². The highest BCUT2D eigenvalue weighted by Gasteiger charge is 2.30. The number of rotatable bonds is 7. The van der Waals surface area contributed by atoms with E-state index in [4.69, 9.17) is 9.84 Å². The van der Waals surface area contributed by atoms with Crippen LogP contribution in [-0.4, -0.2) is 46.0 Å². The van der Waals surface area contributed by atoms with Crippen LogP contribution in [0.4, 0.5) is 4.39 Å². The normalized spacial score (nSPS) is 13.3. The summed E-state index contributed by atoms with van der Waals surface area (Å²) in [6.45, 7) is 1.59. The van der Waals surface area contributed by atoms with E-state index in [-0.39, 0.29) is 24.4 Å². The summed E-state index contributed by atoms with van der Waals surface area (Å²) in [4.78, 5) is 23.3. The standard InChI is InChI=1S/C16H18FN3O4/c1-16(10-24-2,9-14(21)22)18-15(23)12-7-8-20(19-12)13-6-4-3-5-11(13)17/h3-8H,9-10H2,1-2H3,(H,18,23)(H,21,22). The van der Waals surface area contributed by atoms with E-state index in [0.29, 0.717) is 0 Å². The molecule has 2 aromatic rings. The van der Waals surface area contributed by atoms with Gasteiger partial charge in [-0.25, -0.2) is 9.07 Å². The molecule has 1 unspecified atom stereocenters. The Labute approximate surface area is 138 Å². The summed E-state index contributed by atoms with van der Waals surface area (Å²) in [5, 5.41) is 15.6. The van der Waals surface area contributed by atoms with E-state index in [0.717, 1.165) is 0 Å². The number of ether oxygens (including phenoxy) is 1. The van der Waals surface area contributed by atoms with Crippen molar-refractivity contribution in [3.05, 3.63) is 48.0 Å². The molecule has 1 heterocycles. The number of methoxy groups -OCH3 is 1. The molecule has 1 aromatic carbocycles. The Morgan fingerprint density at radius 3 is 2.71 bits per heavy atom. The summed E-state index contributed by atoms with van der Waals surface area (Å²) in [6.07, 6.45) is 1.15. The van der Waals surface area contributed by atoms with Gasteiger partial charge in [0.25, 0.3) is 5.91 Å². The summed E-state index contributed by atoms with van der Waals surface area (Å²) >= 11 is 0. The monoisotopic (exact) mass is 335 g/mol. The van der Waals surface area contributed by atoms with Crippen LogP contribution in [0.25, 0.3) is 5.69 Å². The third-order valence-electron chi connectivity index (χ3n) is 3.34. The Balaban J connectivity index is 2.18. The largest absolute Gasteiger partial charge is 0.481 e. The number of hydrogen-bond acceptors (Lipinski definition) is 4. The van der Waals surface area contributed by atoms with Crippen LogP contribution in [0.3, 0.4) is 0 Å². The van der Waals surface area contributed by atoms with Crippen molar-refractivity contribution in [1.82, 2.24) is 15.1 Å². The number of nitrogens with one attached hydrogen (secondary N) is 1. The summed E-state index contributed by atoms with van der Waals surface area (Å²) in [6, 6.07) is 7.46. The molecule has 0 aliphatic rings. The second kappa shape index (κ2) is 7.22. The minimum Gasteiger partial charge on any atom is -0.481 e. The van der Waals surface area contributed by atoms with Crippen molar-refractivity contribution in [1.29, 1.82) is 0 Å². The second-order valence-electron chi connectivity index (χ2n) is 5.62. The molecule has 0 saturated heterocycles. The lowest BCUT2D eigenvalue weighted by Gasteiger charge is -2.28. The third kappa shape index (κ3) is 4.17. The molecule has 1 aromatic heterocycles. The summed E-state index contributed by atoms with van der Waals surface area (Å²) in [7, 11) is 1.42. The van der Waals surface area contributed by atoms with Crippen molar-refractivity contribution in [2.75, 3.05) is 13.7 Å². The van der Waals surface area contributed by atoms with Gasteiger partial charge in [0.05, 0.1) is 18.6 Å². The fourth-order valence-corrected chi connectivity index (χ4v) is 2.34. The van der Waals surface area contributed by atoms with Gasteiger partial charge in [0.2, 0.25) is 0 Å². The summed E-state index contributed by atoms with van der Waals surface area (Å²) in [5.41, 5.74) is -0.827. The zero-order valence-electron chi connectivity index (χ0n) is 13.3. The van der Waals surface area contributed by atoms with Gasteiger partial charge >= 0.3 is 5.97 Å². The molecule has 0 spiro atoms. The van der Waals surface area contributed by atoms with Crippen molar-refractivity contribution in [2.24, 2.45) is 0 Å². The molecule has 0 aliphatic heterocycles. The average molecular weight is 335 g/mol. The van der Waals surface area contributed by atoms with Crippen LogP contribution in [0.5, 0.6) is 0 Å². The van der Waals surface area contributed by atoms with Gasteiger partial charge in [-0.1, -0.05) is 12.1 Å². The molecule has 0 fully saturated rings. The van der Waals surface area contributed by atoms with Crippen molar-refractivity contribution in [2.45, 2.75) is 18.9 Å². The van der Waals surface area contributed by atoms with Crippen LogP contribution in [0.1, 0.15) is 23.8 Å². The number of aliphatic carboxylic acids is 1. The van der Waals surface area contributed by atoms with Gasteiger partial charge in [0, 0.05) is 13.3 Å². The first-order valence-electron chi connectivity index (χ1n) is 7.18. The Morgan fingerprint density at radius 2 is 2.08 bits per heavy atom. The van der Waals surface area contributed by atoms with Crippen molar-refractivity contribution < 1.29 is 23.8 Å². The number of carbonyl (C=O) groups excluding carboxylic acids is 1. The van der Waals surface area contributed by atoms with Gasteiger partial charge in [-0.2, -0.15) is 5.10 Å². The summed E-state index contributed by atoms with van der Waals surface area (Å²) < 4.78 is 20.0. The van der Waals surface area contributed by atoms with Crippen LogP contribution in [0.15, 0.2) is 36.5 Å². The number of carboxylic acids is 1. The molecule has 7 nitrogen and oxygen atoms in total. The van der Waals surface area contributed by atoms with Crippen LogP contribution in [0, 0.1) is 5.82 Å². The Kier molecular flexibility index (Phi) is 5.30. The van der Waals surface area contributed by atoms with Gasteiger partial charge in [0.15, 0.2) is 5.69 Å². The maximum absolute atomic E-state index is 13.8. The minimum atomic E-state index is -1.08. The number of para-hydroxylation sites is 1. The average Bonchev–Trinajstić information content (AvgIpc) is 2.96. The zero-order chi connectivity index (χ0) is 17.7. The van der Waals surface area contributed by atoms with E-state index in [1.807, 2.05) is 0 Å². The van der Waals surface area contributed by atoms with Gasteiger partial charge in [-0.3, -0.25) is 9.59 Å². The van der Waals surface area contributed by atoms with Crippen molar-refractivity contribution >= 4 is 11.9 Å². The molecule has 0 saturated carbocycles. The molecule has 0 radical (unpaired) electrons. The fraction of sp³-hybridized carbons (Fsp3) is 0.312. The Morgan fingerprint density at radius 1 is 1.38 bits per heavy atom. The molecule has 24 heavy (non-hydrogen) atoms. The number of aromatic nitrogens is 2. The van der Waals surface area contributed by atoms with Crippen molar-refractivity contribution in [3.63, 3.8) is 0 Å². The first-order valence-corrected chi connectivity index (χ1v) is 7.18. The van der Waals surface area contributed by atoms with Gasteiger partial charge in [-0.15, -0.1) is 0 Å². The number of carboxylic acid groups (broad SMARTS) is 1. The molecule has 128 valence electrons. The minimum absolute atomic E-state index is 0.0268. The lowest BCUT2D eigenvalue weighted by atomic mass is 9.99. The second-order valence-corrected chi connectivity index (χ2v) is 5.62. The highest BCUT2D eigenvalue weighted by atomic mass is 19.1. The maximum Gasteiger partial charge on any atom is 0.305 e. The lowest BCUT2D eigenvalue weighted by Crippen LogP contribution is -2.50. The van der Waals surface area contributed by atoms with Crippen LogP contribution in [-0.2, 0) is 9.53 Å². The smallest absolute Gasteiger partial charge is 0.305 e. The molecular weight excluding hydrogens is 317 g/mol. The Hall–Kier alpha value is -2.74. The third-order valence-corrected chi connectivity index (χ3v) is 3.34. The van der Waals surface area contributed by atoms with E-state index >= 15 is 0 Å². The molecule has 0 bridgehead atoms. The predicted molar refractivity (Wildman–Crippen MR) is 83.5 cm³/mol. The van der Waals surface area contributed by atoms with E-state index < -0.39 is 23.2 Å². The first kappa shape index (κ1) is 17.6. The topological polar surface area (TPSA) is 93.5 Å². The SMILES string of the molecule is COCC(C)(CC(=O)O)NC(=O)c1ccn(-c2ccccc2F)n1. The fourth-order valence-electron chi connectivity index (χ4n) is 2.34. The molecule has 0 aliphatic carbocycles. The molecule has 1 amide bonds.